The van der Waals surface area contributed by atoms with Crippen LogP contribution in [0.15, 0.2) is 40.0 Å². The maximum atomic E-state index is 10.5. The van der Waals surface area contributed by atoms with E-state index >= 15 is 0 Å². The maximum Gasteiger partial charge on any atom is 0.287 e. The number of hydrazone groups is 1. The normalized spacial score (nSPS) is 10.8. The van der Waals surface area contributed by atoms with Crippen LogP contribution in [0.2, 0.25) is 5.02 Å². The number of nitrogens with zero attached hydrogens (tertiary/aromatic N) is 3. The van der Waals surface area contributed by atoms with Gasteiger partial charge in [-0.1, -0.05) is 11.6 Å². The first-order valence-corrected chi connectivity index (χ1v) is 6.72. The van der Waals surface area contributed by atoms with Crippen LogP contribution in [-0.4, -0.2) is 21.2 Å². The number of aromatic hydroxyl groups is 1. The lowest BCUT2D eigenvalue weighted by atomic mass is 10.2. The van der Waals surface area contributed by atoms with E-state index in [1.807, 2.05) is 0 Å². The van der Waals surface area contributed by atoms with Crippen LogP contribution in [0.25, 0.3) is 0 Å². The van der Waals surface area contributed by atoms with E-state index in [9.17, 15) is 15.2 Å². The number of pyridine rings is 1. The molecule has 0 aliphatic rings. The van der Waals surface area contributed by atoms with E-state index in [1.54, 1.807) is 6.07 Å². The van der Waals surface area contributed by atoms with E-state index in [2.05, 4.69) is 31.4 Å². The zero-order valence-corrected chi connectivity index (χ0v) is 12.7. The number of nitro groups is 1. The van der Waals surface area contributed by atoms with E-state index in [0.29, 0.717) is 20.9 Å². The topological polar surface area (TPSA) is 101 Å². The molecule has 0 aliphatic carbocycles. The predicted octanol–water partition coefficient (Wildman–Crippen LogP) is 3.56. The highest BCUT2D eigenvalue weighted by molar-refractivity contribution is 9.10. The lowest BCUT2D eigenvalue weighted by Gasteiger charge is -2.03. The Morgan fingerprint density at radius 1 is 1.48 bits per heavy atom. The molecule has 1 aromatic carbocycles. The smallest absolute Gasteiger partial charge is 0.287 e. The van der Waals surface area contributed by atoms with Gasteiger partial charge in [0, 0.05) is 16.7 Å². The molecule has 2 N–H and O–H groups in total. The number of hydrogen-bond donors (Lipinski definition) is 2. The Kier molecular flexibility index (Phi) is 4.71. The average molecular weight is 372 g/mol. The summed E-state index contributed by atoms with van der Waals surface area (Å²) >= 11 is 9.03. The second kappa shape index (κ2) is 6.51. The van der Waals surface area contributed by atoms with Crippen molar-refractivity contribution in [2.45, 2.75) is 0 Å². The number of halogens is 2. The van der Waals surface area contributed by atoms with Crippen molar-refractivity contribution in [3.05, 3.63) is 55.6 Å². The van der Waals surface area contributed by atoms with Gasteiger partial charge >= 0.3 is 0 Å². The van der Waals surface area contributed by atoms with Crippen LogP contribution >= 0.6 is 27.5 Å². The van der Waals surface area contributed by atoms with E-state index in [0.717, 1.165) is 6.20 Å². The van der Waals surface area contributed by atoms with Gasteiger partial charge in [-0.2, -0.15) is 5.10 Å². The number of phenolic OH excluding ortho intramolecular Hbond substituents is 1. The minimum Gasteiger partial charge on any atom is -0.506 e. The van der Waals surface area contributed by atoms with E-state index in [1.165, 1.54) is 24.4 Å². The zero-order chi connectivity index (χ0) is 15.4. The molecule has 0 fully saturated rings. The van der Waals surface area contributed by atoms with Crippen molar-refractivity contribution in [3.8, 4) is 5.75 Å². The van der Waals surface area contributed by atoms with E-state index < -0.39 is 4.92 Å². The fraction of sp³-hybridized carbons (Fsp3) is 0. The highest BCUT2D eigenvalue weighted by Crippen LogP contribution is 2.30. The summed E-state index contributed by atoms with van der Waals surface area (Å²) in [5.74, 6) is 0.332. The number of nitrogens with one attached hydrogen (secondary N) is 1. The van der Waals surface area contributed by atoms with E-state index in [-0.39, 0.29) is 11.4 Å². The van der Waals surface area contributed by atoms with E-state index in [4.69, 9.17) is 11.6 Å². The molecule has 0 saturated carbocycles. The third-order valence-corrected chi connectivity index (χ3v) is 3.22. The quantitative estimate of drug-likeness (QED) is 0.486. The van der Waals surface area contributed by atoms with Crippen molar-refractivity contribution in [2.24, 2.45) is 5.10 Å². The monoisotopic (exact) mass is 370 g/mol. The number of benzene rings is 1. The third-order valence-electron chi connectivity index (χ3n) is 2.40. The van der Waals surface area contributed by atoms with Crippen molar-refractivity contribution < 1.29 is 10.0 Å². The summed E-state index contributed by atoms with van der Waals surface area (Å²) in [5.41, 5.74) is 2.89. The van der Waals surface area contributed by atoms with Crippen molar-refractivity contribution in [1.82, 2.24) is 4.98 Å². The van der Waals surface area contributed by atoms with Gasteiger partial charge in [-0.15, -0.1) is 0 Å². The van der Waals surface area contributed by atoms with Crippen molar-refractivity contribution >= 4 is 45.3 Å². The first-order valence-electron chi connectivity index (χ1n) is 5.55. The Bertz CT molecular complexity index is 706. The summed E-state index contributed by atoms with van der Waals surface area (Å²) < 4.78 is 0.449. The minimum absolute atomic E-state index is 0.00149. The molecule has 0 spiro atoms. The lowest BCUT2D eigenvalue weighted by molar-refractivity contribution is -0.385. The zero-order valence-electron chi connectivity index (χ0n) is 10.3. The molecular weight excluding hydrogens is 364 g/mol. The Hall–Kier alpha value is -2.19. The van der Waals surface area contributed by atoms with Gasteiger partial charge in [0.2, 0.25) is 0 Å². The fourth-order valence-electron chi connectivity index (χ4n) is 1.41. The standard InChI is InChI=1S/C12H8BrClN4O3/c13-10-4-8(14)3-7(12(10)19)5-16-17-11-2-1-9(6-15-11)18(20)21/h1-6,19H,(H,15,17)/b16-5+. The second-order valence-corrected chi connectivity index (χ2v) is 5.14. The van der Waals surface area contributed by atoms with Gasteiger partial charge in [-0.05, 0) is 34.1 Å². The summed E-state index contributed by atoms with van der Waals surface area (Å²) in [6, 6.07) is 5.82. The lowest BCUT2D eigenvalue weighted by Crippen LogP contribution is -1.95. The number of anilines is 1. The fourth-order valence-corrected chi connectivity index (χ4v) is 2.25. The first-order chi connectivity index (χ1) is 9.97. The molecule has 9 heteroatoms. The van der Waals surface area contributed by atoms with Crippen LogP contribution in [0, 0.1) is 10.1 Å². The van der Waals surface area contributed by atoms with Crippen LogP contribution in [0.5, 0.6) is 5.75 Å². The summed E-state index contributed by atoms with van der Waals surface area (Å²) in [4.78, 5) is 13.8. The van der Waals surface area contributed by atoms with Gasteiger partial charge in [-0.25, -0.2) is 4.98 Å². The van der Waals surface area contributed by atoms with Crippen molar-refractivity contribution in [1.29, 1.82) is 0 Å². The van der Waals surface area contributed by atoms with Gasteiger partial charge in [0.1, 0.15) is 17.8 Å². The molecule has 0 radical (unpaired) electrons. The molecule has 0 unspecified atom stereocenters. The molecule has 2 aromatic rings. The van der Waals surface area contributed by atoms with Crippen LogP contribution in [-0.2, 0) is 0 Å². The first kappa shape index (κ1) is 15.2. The molecule has 7 nitrogen and oxygen atoms in total. The van der Waals surface area contributed by atoms with Gasteiger partial charge < -0.3 is 5.11 Å². The number of hydrogen-bond acceptors (Lipinski definition) is 6. The van der Waals surface area contributed by atoms with Gasteiger partial charge in [0.25, 0.3) is 5.69 Å². The molecule has 0 amide bonds. The Balaban J connectivity index is 2.10. The molecule has 1 aromatic heterocycles. The van der Waals surface area contributed by atoms with Crippen LogP contribution in [0.3, 0.4) is 0 Å². The average Bonchev–Trinajstić information content (AvgIpc) is 2.44. The highest BCUT2D eigenvalue weighted by atomic mass is 79.9. The largest absolute Gasteiger partial charge is 0.506 e. The number of rotatable bonds is 4. The SMILES string of the molecule is O=[N+]([O-])c1ccc(N/N=C/c2cc(Cl)cc(Br)c2O)nc1. The molecule has 108 valence electrons. The Morgan fingerprint density at radius 2 is 2.24 bits per heavy atom. The Morgan fingerprint density at radius 3 is 2.86 bits per heavy atom. The van der Waals surface area contributed by atoms with Gasteiger partial charge in [0.05, 0.1) is 15.6 Å². The van der Waals surface area contributed by atoms with Crippen molar-refractivity contribution in [2.75, 3.05) is 5.43 Å². The molecule has 2 rings (SSSR count). The second-order valence-electron chi connectivity index (χ2n) is 3.85. The van der Waals surface area contributed by atoms with Crippen LogP contribution < -0.4 is 5.43 Å². The minimum atomic E-state index is -0.540. The van der Waals surface area contributed by atoms with Crippen LogP contribution in [0.4, 0.5) is 11.5 Å². The summed E-state index contributed by atoms with van der Waals surface area (Å²) in [6.45, 7) is 0. The summed E-state index contributed by atoms with van der Waals surface area (Å²) in [7, 11) is 0. The molecule has 0 atom stereocenters. The number of phenols is 1. The third kappa shape index (κ3) is 3.89. The summed E-state index contributed by atoms with van der Waals surface area (Å²) in [5, 5.41) is 24.6. The van der Waals surface area contributed by atoms with Gasteiger partial charge in [0.15, 0.2) is 0 Å². The predicted molar refractivity (Wildman–Crippen MR) is 82.9 cm³/mol. The highest BCUT2D eigenvalue weighted by Gasteiger charge is 2.06. The molecule has 0 saturated heterocycles. The number of aromatic nitrogens is 1. The van der Waals surface area contributed by atoms with Crippen LogP contribution in [0.1, 0.15) is 5.56 Å². The molecule has 0 aliphatic heterocycles. The summed E-state index contributed by atoms with van der Waals surface area (Å²) in [6.07, 6.45) is 2.47. The molecule has 1 heterocycles. The Labute approximate surface area is 132 Å². The molecular formula is C12H8BrClN4O3. The maximum absolute atomic E-state index is 10.5. The van der Waals surface area contributed by atoms with Gasteiger partial charge in [-0.3, -0.25) is 15.5 Å². The van der Waals surface area contributed by atoms with Crippen molar-refractivity contribution in [3.63, 3.8) is 0 Å². The molecule has 21 heavy (non-hydrogen) atoms. The molecule has 0 bridgehead atoms.